The van der Waals surface area contributed by atoms with Gasteiger partial charge >= 0.3 is 18.0 Å². The summed E-state index contributed by atoms with van der Waals surface area (Å²) in [6.07, 6.45) is 0. The molecule has 8 nitrogen and oxygen atoms in total. The maximum atomic E-state index is 11.8. The molecule has 0 fully saturated rings. The summed E-state index contributed by atoms with van der Waals surface area (Å²) in [7, 11) is 0. The van der Waals surface area contributed by atoms with Crippen LogP contribution >= 0.6 is 11.3 Å². The fourth-order valence-corrected chi connectivity index (χ4v) is 2.34. The highest BCUT2D eigenvalue weighted by atomic mass is 32.1. The van der Waals surface area contributed by atoms with E-state index in [2.05, 4.69) is 10.6 Å². The number of anilines is 1. The summed E-state index contributed by atoms with van der Waals surface area (Å²) in [5, 5.41) is 23.2. The molecule has 0 aliphatic rings. The predicted molar refractivity (Wildman–Crippen MR) is 80.3 cm³/mol. The minimum Gasteiger partial charge on any atom is -0.479 e. The fraction of sp³-hybridized carbons (Fsp3) is 0.462. The smallest absolute Gasteiger partial charge is 0.341 e. The van der Waals surface area contributed by atoms with Crippen molar-refractivity contribution in [3.8, 4) is 0 Å². The number of aliphatic hydroxyl groups is 1. The Bertz CT molecular complexity index is 581. The third-order valence-corrected chi connectivity index (χ3v) is 3.60. The van der Waals surface area contributed by atoms with E-state index in [0.29, 0.717) is 5.00 Å². The van der Waals surface area contributed by atoms with Gasteiger partial charge in [-0.1, -0.05) is 0 Å². The normalized spacial score (nSPS) is 13.1. The van der Waals surface area contributed by atoms with Gasteiger partial charge in [0.05, 0.1) is 18.7 Å². The molecule has 0 spiro atoms. The van der Waals surface area contributed by atoms with Crippen LogP contribution in [-0.4, -0.2) is 46.9 Å². The first kappa shape index (κ1) is 17.9. The predicted octanol–water partition coefficient (Wildman–Crippen LogP) is 1.19. The largest absolute Gasteiger partial charge is 0.479 e. The molecule has 2 amide bonds. The van der Waals surface area contributed by atoms with Gasteiger partial charge in [0.1, 0.15) is 5.00 Å². The molecule has 0 aromatic carbocycles. The van der Waals surface area contributed by atoms with Crippen molar-refractivity contribution in [1.29, 1.82) is 0 Å². The summed E-state index contributed by atoms with van der Waals surface area (Å²) in [6, 6.07) is 0.861. The lowest BCUT2D eigenvalue weighted by atomic mass is 10.1. The van der Waals surface area contributed by atoms with E-state index in [9.17, 15) is 19.5 Å². The molecular formula is C13H18N2O6S. The molecule has 0 aliphatic heterocycles. The van der Waals surface area contributed by atoms with Gasteiger partial charge < -0.3 is 20.3 Å². The number of thiophene rings is 1. The van der Waals surface area contributed by atoms with Crippen LogP contribution in [0.5, 0.6) is 0 Å². The molecule has 4 N–H and O–H groups in total. The molecule has 1 rings (SSSR count). The zero-order chi connectivity index (χ0) is 16.9. The molecule has 9 heteroatoms. The summed E-state index contributed by atoms with van der Waals surface area (Å²) >= 11 is 1.18. The van der Waals surface area contributed by atoms with Gasteiger partial charge in [-0.05, 0) is 26.8 Å². The van der Waals surface area contributed by atoms with Crippen molar-refractivity contribution < 1.29 is 29.3 Å². The molecule has 122 valence electrons. The first-order chi connectivity index (χ1) is 10.2. The lowest BCUT2D eigenvalue weighted by molar-refractivity contribution is -0.155. The van der Waals surface area contributed by atoms with E-state index < -0.39 is 30.1 Å². The average molecular weight is 330 g/mol. The minimum atomic E-state index is -2.08. The second-order valence-electron chi connectivity index (χ2n) is 4.71. The monoisotopic (exact) mass is 330 g/mol. The number of esters is 1. The molecule has 1 aromatic rings. The number of hydrogen-bond acceptors (Lipinski definition) is 6. The quantitative estimate of drug-likeness (QED) is 0.581. The van der Waals surface area contributed by atoms with Crippen molar-refractivity contribution in [1.82, 2.24) is 5.32 Å². The van der Waals surface area contributed by atoms with Gasteiger partial charge in [0.15, 0.2) is 5.60 Å². The zero-order valence-corrected chi connectivity index (χ0v) is 13.2. The third-order valence-electron chi connectivity index (χ3n) is 2.63. The molecule has 0 bridgehead atoms. The number of nitrogens with one attached hydrogen (secondary N) is 2. The number of carboxylic acids is 1. The highest BCUT2D eigenvalue weighted by molar-refractivity contribution is 7.16. The third kappa shape index (κ3) is 4.71. The first-order valence-corrected chi connectivity index (χ1v) is 7.27. The van der Waals surface area contributed by atoms with Gasteiger partial charge in [-0.3, -0.25) is 5.32 Å². The van der Waals surface area contributed by atoms with Crippen LogP contribution < -0.4 is 10.6 Å². The highest BCUT2D eigenvalue weighted by Crippen LogP contribution is 2.28. The van der Waals surface area contributed by atoms with E-state index >= 15 is 0 Å². The number of urea groups is 1. The number of carbonyl (C=O) groups excluding carboxylic acids is 2. The molecule has 22 heavy (non-hydrogen) atoms. The Morgan fingerprint density at radius 3 is 2.59 bits per heavy atom. The lowest BCUT2D eigenvalue weighted by Crippen LogP contribution is -2.47. The van der Waals surface area contributed by atoms with E-state index in [0.717, 1.165) is 11.8 Å². The standard InChI is InChI=1S/C13H18N2O6S/c1-4-21-10(16)8-5-7(2)22-9(8)15-12(19)14-6-13(3,20)11(17)18/h5,20H,4,6H2,1-3H3,(H,17,18)(H2,14,15,19). The number of rotatable bonds is 6. The van der Waals surface area contributed by atoms with E-state index in [1.807, 2.05) is 0 Å². The Kier molecular flexibility index (Phi) is 5.89. The van der Waals surface area contributed by atoms with Gasteiger partial charge in [0, 0.05) is 4.88 Å². The topological polar surface area (TPSA) is 125 Å². The maximum absolute atomic E-state index is 11.8. The summed E-state index contributed by atoms with van der Waals surface area (Å²) in [5.41, 5.74) is -1.85. The zero-order valence-electron chi connectivity index (χ0n) is 12.4. The SMILES string of the molecule is CCOC(=O)c1cc(C)sc1NC(=O)NCC(C)(O)C(=O)O. The van der Waals surface area contributed by atoms with Crippen LogP contribution in [0.1, 0.15) is 29.1 Å². The van der Waals surface area contributed by atoms with Gasteiger partial charge in [0.25, 0.3) is 0 Å². The van der Waals surface area contributed by atoms with Gasteiger partial charge in [0.2, 0.25) is 0 Å². The molecule has 1 atom stereocenters. The number of aryl methyl sites for hydroxylation is 1. The lowest BCUT2D eigenvalue weighted by Gasteiger charge is -2.18. The Morgan fingerprint density at radius 2 is 2.05 bits per heavy atom. The summed E-state index contributed by atoms with van der Waals surface area (Å²) in [6.45, 7) is 4.24. The van der Waals surface area contributed by atoms with Gasteiger partial charge in [-0.15, -0.1) is 11.3 Å². The molecular weight excluding hydrogens is 312 g/mol. The van der Waals surface area contributed by atoms with Crippen LogP contribution in [0.15, 0.2) is 6.07 Å². The molecule has 0 aliphatic carbocycles. The molecule has 1 heterocycles. The molecule has 0 saturated heterocycles. The van der Waals surface area contributed by atoms with Crippen molar-refractivity contribution in [3.05, 3.63) is 16.5 Å². The number of hydrogen-bond donors (Lipinski definition) is 4. The van der Waals surface area contributed by atoms with Crippen molar-refractivity contribution in [2.24, 2.45) is 0 Å². The number of ether oxygens (including phenoxy) is 1. The van der Waals surface area contributed by atoms with Crippen molar-refractivity contribution >= 4 is 34.3 Å². The Morgan fingerprint density at radius 1 is 1.41 bits per heavy atom. The van der Waals surface area contributed by atoms with Crippen LogP contribution in [0, 0.1) is 6.92 Å². The van der Waals surface area contributed by atoms with E-state index in [1.165, 1.54) is 11.3 Å². The van der Waals surface area contributed by atoms with Gasteiger partial charge in [-0.25, -0.2) is 14.4 Å². The molecule has 0 radical (unpaired) electrons. The Hall–Kier alpha value is -2.13. The number of carboxylic acid groups (broad SMARTS) is 1. The van der Waals surface area contributed by atoms with E-state index in [4.69, 9.17) is 9.84 Å². The summed E-state index contributed by atoms with van der Waals surface area (Å²) in [4.78, 5) is 35.0. The van der Waals surface area contributed by atoms with Crippen molar-refractivity contribution in [2.75, 3.05) is 18.5 Å². The maximum Gasteiger partial charge on any atom is 0.341 e. The highest BCUT2D eigenvalue weighted by Gasteiger charge is 2.30. The van der Waals surface area contributed by atoms with Crippen LogP contribution in [0.2, 0.25) is 0 Å². The molecule has 1 unspecified atom stereocenters. The van der Waals surface area contributed by atoms with Crippen LogP contribution in [-0.2, 0) is 9.53 Å². The van der Waals surface area contributed by atoms with Crippen molar-refractivity contribution in [2.45, 2.75) is 26.4 Å². The number of amides is 2. The minimum absolute atomic E-state index is 0.209. The average Bonchev–Trinajstić information content (AvgIpc) is 2.77. The Labute approximate surface area is 131 Å². The van der Waals surface area contributed by atoms with Gasteiger partial charge in [-0.2, -0.15) is 0 Å². The van der Waals surface area contributed by atoms with Crippen LogP contribution in [0.25, 0.3) is 0 Å². The number of aliphatic carboxylic acids is 1. The van der Waals surface area contributed by atoms with Crippen LogP contribution in [0.3, 0.4) is 0 Å². The second kappa shape index (κ2) is 7.23. The second-order valence-corrected chi connectivity index (χ2v) is 5.96. The summed E-state index contributed by atoms with van der Waals surface area (Å²) < 4.78 is 4.89. The van der Waals surface area contributed by atoms with Crippen molar-refractivity contribution in [3.63, 3.8) is 0 Å². The molecule has 1 aromatic heterocycles. The van der Waals surface area contributed by atoms with E-state index in [1.54, 1.807) is 19.9 Å². The number of carbonyl (C=O) groups is 3. The first-order valence-electron chi connectivity index (χ1n) is 6.45. The summed E-state index contributed by atoms with van der Waals surface area (Å²) in [5.74, 6) is -2.01. The fourth-order valence-electron chi connectivity index (χ4n) is 1.44. The van der Waals surface area contributed by atoms with E-state index in [-0.39, 0.29) is 12.2 Å². The molecule has 0 saturated carbocycles. The Balaban J connectivity index is 2.73. The van der Waals surface area contributed by atoms with Crippen LogP contribution in [0.4, 0.5) is 9.80 Å².